The van der Waals surface area contributed by atoms with Crippen molar-refractivity contribution >= 4 is 33.4 Å². The average molecular weight is 392 g/mol. The van der Waals surface area contributed by atoms with E-state index in [0.717, 1.165) is 54.8 Å². The number of hydrogen-bond acceptors (Lipinski definition) is 3. The highest BCUT2D eigenvalue weighted by atomic mass is 35.5. The summed E-state index contributed by atoms with van der Waals surface area (Å²) < 4.78 is 0. The van der Waals surface area contributed by atoms with Crippen LogP contribution in [0.2, 0.25) is 5.02 Å². The van der Waals surface area contributed by atoms with Crippen LogP contribution in [0.5, 0.6) is 5.75 Å². The van der Waals surface area contributed by atoms with Gasteiger partial charge in [-0.25, -0.2) is 4.98 Å². The molecule has 1 fully saturated rings. The Hall–Kier alpha value is -2.56. The Balaban J connectivity index is 1.49. The van der Waals surface area contributed by atoms with Gasteiger partial charge in [-0.2, -0.15) is 0 Å². The Morgan fingerprint density at radius 2 is 2.00 bits per heavy atom. The molecule has 1 aliphatic heterocycles. The highest BCUT2D eigenvalue weighted by Gasteiger charge is 2.27. The number of phenols is 1. The molecular weight excluding hydrogens is 370 g/mol. The normalized spacial score (nSPS) is 18.1. The lowest BCUT2D eigenvalue weighted by molar-refractivity contribution is 0.135. The number of piperidine rings is 1. The summed E-state index contributed by atoms with van der Waals surface area (Å²) >= 11 is 6.03. The van der Waals surface area contributed by atoms with Crippen LogP contribution in [0.25, 0.3) is 21.8 Å². The largest absolute Gasteiger partial charge is 0.508 e. The number of aromatic hydroxyl groups is 1. The SMILES string of the molecule is Oc1cc(Cl)ccc1C1CCCCN1Cc1nc2c(ccc3ccccc32)[nH]1. The molecule has 1 aliphatic rings. The maximum atomic E-state index is 10.4. The lowest BCUT2D eigenvalue weighted by Gasteiger charge is -2.35. The number of halogens is 1. The quantitative estimate of drug-likeness (QED) is 0.464. The first-order chi connectivity index (χ1) is 13.7. The smallest absolute Gasteiger partial charge is 0.121 e. The number of rotatable bonds is 3. The summed E-state index contributed by atoms with van der Waals surface area (Å²) in [7, 11) is 0. The molecule has 4 nitrogen and oxygen atoms in total. The van der Waals surface area contributed by atoms with E-state index in [-0.39, 0.29) is 11.8 Å². The molecule has 1 unspecified atom stereocenters. The highest BCUT2D eigenvalue weighted by molar-refractivity contribution is 6.30. The van der Waals surface area contributed by atoms with Gasteiger partial charge in [0.05, 0.1) is 17.6 Å². The zero-order chi connectivity index (χ0) is 19.1. The van der Waals surface area contributed by atoms with Crippen LogP contribution in [0.4, 0.5) is 0 Å². The van der Waals surface area contributed by atoms with Gasteiger partial charge in [-0.1, -0.05) is 54.4 Å². The summed E-state index contributed by atoms with van der Waals surface area (Å²) in [5, 5.41) is 13.4. The number of nitrogens with zero attached hydrogens (tertiary/aromatic N) is 2. The van der Waals surface area contributed by atoms with E-state index in [1.165, 1.54) is 10.8 Å². The fourth-order valence-electron chi connectivity index (χ4n) is 4.39. The monoisotopic (exact) mass is 391 g/mol. The van der Waals surface area contributed by atoms with Crippen molar-refractivity contribution < 1.29 is 5.11 Å². The Morgan fingerprint density at radius 1 is 1.11 bits per heavy atom. The van der Waals surface area contributed by atoms with Crippen LogP contribution < -0.4 is 0 Å². The standard InChI is InChI=1S/C23H22ClN3O/c24-16-9-10-18(21(28)13-16)20-7-3-4-12-27(20)14-22-25-19-11-8-15-5-1-2-6-17(15)23(19)26-22/h1-2,5-6,8-11,13,20,28H,3-4,7,12,14H2,(H,25,26). The molecule has 0 amide bonds. The van der Waals surface area contributed by atoms with E-state index >= 15 is 0 Å². The predicted octanol–water partition coefficient (Wildman–Crippen LogP) is 5.80. The van der Waals surface area contributed by atoms with Gasteiger partial charge in [-0.15, -0.1) is 0 Å². The number of phenolic OH excluding ortho intramolecular Hbond substituents is 1. The molecule has 4 aromatic rings. The summed E-state index contributed by atoms with van der Waals surface area (Å²) in [6.07, 6.45) is 3.35. The molecule has 0 radical (unpaired) electrons. The van der Waals surface area contributed by atoms with E-state index in [9.17, 15) is 5.11 Å². The molecule has 3 aromatic carbocycles. The molecule has 1 saturated heterocycles. The number of nitrogens with one attached hydrogen (secondary N) is 1. The Bertz CT molecular complexity index is 1150. The van der Waals surface area contributed by atoms with Crippen LogP contribution in [0.1, 0.15) is 36.7 Å². The van der Waals surface area contributed by atoms with Crippen molar-refractivity contribution in [1.29, 1.82) is 0 Å². The molecule has 5 heteroatoms. The Labute approximate surface area is 168 Å². The van der Waals surface area contributed by atoms with Crippen molar-refractivity contribution in [1.82, 2.24) is 14.9 Å². The first-order valence-electron chi connectivity index (χ1n) is 9.78. The molecule has 0 saturated carbocycles. The number of H-pyrrole nitrogens is 1. The number of imidazole rings is 1. The second kappa shape index (κ2) is 7.12. The molecule has 28 heavy (non-hydrogen) atoms. The van der Waals surface area contributed by atoms with Crippen molar-refractivity contribution in [3.63, 3.8) is 0 Å². The van der Waals surface area contributed by atoms with E-state index in [1.807, 2.05) is 12.1 Å². The minimum atomic E-state index is 0.177. The molecule has 0 spiro atoms. The fourth-order valence-corrected chi connectivity index (χ4v) is 4.56. The molecule has 5 rings (SSSR count). The summed E-state index contributed by atoms with van der Waals surface area (Å²) in [6, 6.07) is 18.2. The maximum Gasteiger partial charge on any atom is 0.121 e. The lowest BCUT2D eigenvalue weighted by atomic mass is 9.94. The third kappa shape index (κ3) is 3.13. The molecule has 0 bridgehead atoms. The molecule has 2 N–H and O–H groups in total. The van der Waals surface area contributed by atoms with E-state index in [1.54, 1.807) is 6.07 Å². The van der Waals surface area contributed by atoms with E-state index in [0.29, 0.717) is 5.02 Å². The summed E-state index contributed by atoms with van der Waals surface area (Å²) in [5.74, 6) is 1.24. The average Bonchev–Trinajstić information content (AvgIpc) is 3.12. The van der Waals surface area contributed by atoms with Crippen LogP contribution in [0, 0.1) is 0 Å². The number of likely N-dealkylation sites (tertiary alicyclic amines) is 1. The highest BCUT2D eigenvalue weighted by Crippen LogP contribution is 2.37. The van der Waals surface area contributed by atoms with Crippen molar-refractivity contribution in [3.05, 3.63) is 71.0 Å². The minimum Gasteiger partial charge on any atom is -0.508 e. The maximum absolute atomic E-state index is 10.4. The number of hydrogen-bond donors (Lipinski definition) is 2. The molecule has 0 aliphatic carbocycles. The van der Waals surface area contributed by atoms with Crippen LogP contribution in [-0.4, -0.2) is 26.5 Å². The second-order valence-electron chi connectivity index (χ2n) is 7.55. The van der Waals surface area contributed by atoms with Crippen molar-refractivity contribution in [3.8, 4) is 5.75 Å². The Morgan fingerprint density at radius 3 is 2.89 bits per heavy atom. The van der Waals surface area contributed by atoms with Gasteiger partial charge in [0.1, 0.15) is 11.6 Å². The molecule has 1 aromatic heterocycles. The van der Waals surface area contributed by atoms with Gasteiger partial charge < -0.3 is 10.1 Å². The molecule has 142 valence electrons. The topological polar surface area (TPSA) is 52.1 Å². The molecule has 1 atom stereocenters. The van der Waals surface area contributed by atoms with E-state index < -0.39 is 0 Å². The van der Waals surface area contributed by atoms with Gasteiger partial charge in [-0.3, -0.25) is 4.90 Å². The summed E-state index contributed by atoms with van der Waals surface area (Å²) in [5.41, 5.74) is 3.04. The number of aromatic nitrogens is 2. The van der Waals surface area contributed by atoms with E-state index in [2.05, 4.69) is 46.3 Å². The van der Waals surface area contributed by atoms with Crippen LogP contribution in [-0.2, 0) is 6.54 Å². The van der Waals surface area contributed by atoms with Gasteiger partial charge in [0.25, 0.3) is 0 Å². The van der Waals surface area contributed by atoms with Gasteiger partial charge in [0, 0.05) is 22.0 Å². The third-order valence-corrected chi connectivity index (χ3v) is 5.98. The van der Waals surface area contributed by atoms with Gasteiger partial charge in [-0.05, 0) is 43.0 Å². The molecule has 2 heterocycles. The number of aromatic amines is 1. The first-order valence-corrected chi connectivity index (χ1v) is 10.2. The van der Waals surface area contributed by atoms with Crippen molar-refractivity contribution in [2.45, 2.75) is 31.8 Å². The summed E-state index contributed by atoms with van der Waals surface area (Å²) in [6.45, 7) is 1.72. The van der Waals surface area contributed by atoms with E-state index in [4.69, 9.17) is 16.6 Å². The van der Waals surface area contributed by atoms with Crippen molar-refractivity contribution in [2.75, 3.05) is 6.54 Å². The molecular formula is C23H22ClN3O. The van der Waals surface area contributed by atoms with Crippen LogP contribution in [0.15, 0.2) is 54.6 Å². The van der Waals surface area contributed by atoms with Crippen molar-refractivity contribution in [2.24, 2.45) is 0 Å². The predicted molar refractivity (Wildman–Crippen MR) is 114 cm³/mol. The Kier molecular flexibility index (Phi) is 4.46. The lowest BCUT2D eigenvalue weighted by Crippen LogP contribution is -2.33. The van der Waals surface area contributed by atoms with Gasteiger partial charge in [0.2, 0.25) is 0 Å². The minimum absolute atomic E-state index is 0.177. The second-order valence-corrected chi connectivity index (χ2v) is 7.99. The number of fused-ring (bicyclic) bond motifs is 3. The van der Waals surface area contributed by atoms with Crippen LogP contribution in [0.3, 0.4) is 0 Å². The first kappa shape index (κ1) is 17.5. The third-order valence-electron chi connectivity index (χ3n) is 5.74. The summed E-state index contributed by atoms with van der Waals surface area (Å²) in [4.78, 5) is 10.8. The fraction of sp³-hybridized carbons (Fsp3) is 0.261. The van der Waals surface area contributed by atoms with Gasteiger partial charge in [0.15, 0.2) is 0 Å². The van der Waals surface area contributed by atoms with Gasteiger partial charge >= 0.3 is 0 Å². The zero-order valence-electron chi connectivity index (χ0n) is 15.5. The zero-order valence-corrected chi connectivity index (χ0v) is 16.3. The van der Waals surface area contributed by atoms with Crippen LogP contribution >= 0.6 is 11.6 Å². The number of benzene rings is 3.